The lowest BCUT2D eigenvalue weighted by atomic mass is 10.2. The van der Waals surface area contributed by atoms with Gasteiger partial charge in [0.25, 0.3) is 5.69 Å². The van der Waals surface area contributed by atoms with Crippen molar-refractivity contribution in [3.63, 3.8) is 0 Å². The Morgan fingerprint density at radius 2 is 1.88 bits per heavy atom. The smallest absolute Gasteiger partial charge is 0.269 e. The number of nitro groups is 1. The largest absolute Gasteiger partial charge is 0.379 e. The zero-order valence-corrected chi connectivity index (χ0v) is 16.1. The number of rotatable bonds is 5. The lowest BCUT2D eigenvalue weighted by molar-refractivity contribution is -0.384. The minimum absolute atomic E-state index is 0.110. The van der Waals surface area contributed by atoms with Crippen molar-refractivity contribution in [3.05, 3.63) is 34.4 Å². The molecule has 1 aromatic carbocycles. The van der Waals surface area contributed by atoms with Crippen LogP contribution in [0, 0.1) is 10.1 Å². The Labute approximate surface area is 157 Å². The quantitative estimate of drug-likeness (QED) is 0.544. The van der Waals surface area contributed by atoms with Crippen molar-refractivity contribution in [1.29, 1.82) is 0 Å². The molecule has 1 aromatic rings. The summed E-state index contributed by atoms with van der Waals surface area (Å²) in [6, 6.07) is 5.04. The van der Waals surface area contributed by atoms with E-state index in [0.29, 0.717) is 26.3 Å². The number of hydrogen-bond acceptors (Lipinski definition) is 7. The summed E-state index contributed by atoms with van der Waals surface area (Å²) in [6.07, 6.45) is 0.802. The average Bonchev–Trinajstić information content (AvgIpc) is 2.88. The van der Waals surface area contributed by atoms with E-state index >= 15 is 0 Å². The van der Waals surface area contributed by atoms with Crippen LogP contribution in [0.1, 0.15) is 6.42 Å². The van der Waals surface area contributed by atoms with E-state index in [1.807, 2.05) is 0 Å². The van der Waals surface area contributed by atoms with Gasteiger partial charge in [0, 0.05) is 50.1 Å². The molecule has 26 heavy (non-hydrogen) atoms. The molecule has 0 amide bonds. The molecule has 2 aliphatic heterocycles. The van der Waals surface area contributed by atoms with Crippen LogP contribution in [-0.2, 0) is 14.8 Å². The molecule has 0 aromatic heterocycles. The summed E-state index contributed by atoms with van der Waals surface area (Å²) < 4.78 is 33.3. The Morgan fingerprint density at radius 1 is 1.19 bits per heavy atom. The maximum atomic E-state index is 13.2. The summed E-state index contributed by atoms with van der Waals surface area (Å²) >= 11 is 1.78. The molecule has 3 rings (SSSR count). The van der Waals surface area contributed by atoms with Gasteiger partial charge in [-0.25, -0.2) is 8.42 Å². The molecule has 2 heterocycles. The first-order chi connectivity index (χ1) is 12.5. The van der Waals surface area contributed by atoms with Gasteiger partial charge in [-0.2, -0.15) is 16.1 Å². The van der Waals surface area contributed by atoms with E-state index < -0.39 is 14.9 Å². The van der Waals surface area contributed by atoms with E-state index in [4.69, 9.17) is 4.74 Å². The highest BCUT2D eigenvalue weighted by Crippen LogP contribution is 2.26. The van der Waals surface area contributed by atoms with Crippen LogP contribution in [0.15, 0.2) is 29.2 Å². The molecule has 0 bridgehead atoms. The monoisotopic (exact) mass is 401 g/mol. The third kappa shape index (κ3) is 4.55. The Morgan fingerprint density at radius 3 is 2.54 bits per heavy atom. The van der Waals surface area contributed by atoms with Crippen molar-refractivity contribution in [3.8, 4) is 0 Å². The summed E-state index contributed by atoms with van der Waals surface area (Å²) in [6.45, 7) is 4.13. The highest BCUT2D eigenvalue weighted by Gasteiger charge is 2.34. The van der Waals surface area contributed by atoms with E-state index in [0.717, 1.165) is 31.0 Å². The van der Waals surface area contributed by atoms with Gasteiger partial charge >= 0.3 is 0 Å². The first-order valence-corrected chi connectivity index (χ1v) is 11.2. The molecule has 0 radical (unpaired) electrons. The first-order valence-electron chi connectivity index (χ1n) is 8.62. The molecule has 2 saturated heterocycles. The highest BCUT2D eigenvalue weighted by atomic mass is 32.2. The molecule has 2 fully saturated rings. The van der Waals surface area contributed by atoms with Gasteiger partial charge in [0.2, 0.25) is 10.0 Å². The summed E-state index contributed by atoms with van der Waals surface area (Å²) in [5.74, 6) is 1.69. The minimum atomic E-state index is -3.69. The fourth-order valence-electron chi connectivity index (χ4n) is 3.22. The maximum absolute atomic E-state index is 13.2. The van der Waals surface area contributed by atoms with Crippen LogP contribution >= 0.6 is 11.8 Å². The second-order valence-corrected chi connectivity index (χ2v) is 9.40. The standard InChI is InChI=1S/C16H23N3O5S2/c20-19(21)14-2-4-16(5-3-14)26(22,23)18-6-1-11-25-13-15(18)12-17-7-9-24-10-8-17/h2-5,15H,1,6-13H2. The topological polar surface area (TPSA) is 93.0 Å². The molecular weight excluding hydrogens is 378 g/mol. The molecule has 0 aliphatic carbocycles. The van der Waals surface area contributed by atoms with E-state index in [9.17, 15) is 18.5 Å². The second-order valence-electron chi connectivity index (χ2n) is 6.36. The Hall–Kier alpha value is -1.20. The van der Waals surface area contributed by atoms with Crippen LogP contribution in [0.3, 0.4) is 0 Å². The van der Waals surface area contributed by atoms with Crippen molar-refractivity contribution in [2.24, 2.45) is 0 Å². The summed E-state index contributed by atoms with van der Waals surface area (Å²) in [4.78, 5) is 12.6. The molecule has 8 nitrogen and oxygen atoms in total. The molecule has 144 valence electrons. The molecule has 10 heteroatoms. The average molecular weight is 402 g/mol. The number of thioether (sulfide) groups is 1. The van der Waals surface area contributed by atoms with Crippen molar-refractivity contribution in [2.45, 2.75) is 17.4 Å². The highest BCUT2D eigenvalue weighted by molar-refractivity contribution is 7.99. The lowest BCUT2D eigenvalue weighted by Gasteiger charge is -2.35. The maximum Gasteiger partial charge on any atom is 0.269 e. The fourth-order valence-corrected chi connectivity index (χ4v) is 6.03. The summed E-state index contributed by atoms with van der Waals surface area (Å²) in [5, 5.41) is 10.8. The number of sulfonamides is 1. The van der Waals surface area contributed by atoms with Crippen molar-refractivity contribution in [1.82, 2.24) is 9.21 Å². The zero-order valence-electron chi connectivity index (χ0n) is 14.5. The number of hydrogen-bond donors (Lipinski definition) is 0. The molecule has 0 N–H and O–H groups in total. The Balaban J connectivity index is 1.82. The van der Waals surface area contributed by atoms with Gasteiger partial charge < -0.3 is 4.74 Å². The SMILES string of the molecule is O=[N+]([O-])c1ccc(S(=O)(=O)N2CCCSCC2CN2CCOCC2)cc1. The lowest BCUT2D eigenvalue weighted by Crippen LogP contribution is -2.50. The normalized spacial score (nSPS) is 23.5. The Bertz CT molecular complexity index is 720. The minimum Gasteiger partial charge on any atom is -0.379 e. The summed E-state index contributed by atoms with van der Waals surface area (Å²) in [5.41, 5.74) is -0.111. The van der Waals surface area contributed by atoms with Gasteiger partial charge in [0.15, 0.2) is 0 Å². The van der Waals surface area contributed by atoms with Gasteiger partial charge in [-0.1, -0.05) is 0 Å². The molecular formula is C16H23N3O5S2. The Kier molecular flexibility index (Phi) is 6.51. The number of nitro benzene ring substituents is 1. The van der Waals surface area contributed by atoms with Gasteiger partial charge in [-0.05, 0) is 24.3 Å². The molecule has 2 aliphatic rings. The molecule has 0 spiro atoms. The predicted octanol–water partition coefficient (Wildman–Crippen LogP) is 1.42. The van der Waals surface area contributed by atoms with Crippen molar-refractivity contribution in [2.75, 3.05) is 50.9 Å². The van der Waals surface area contributed by atoms with Gasteiger partial charge in [-0.3, -0.25) is 15.0 Å². The number of morpholine rings is 1. The third-order valence-corrected chi connectivity index (χ3v) is 7.78. The van der Waals surface area contributed by atoms with Crippen LogP contribution in [0.25, 0.3) is 0 Å². The fraction of sp³-hybridized carbons (Fsp3) is 0.625. The van der Waals surface area contributed by atoms with Crippen LogP contribution in [0.2, 0.25) is 0 Å². The van der Waals surface area contributed by atoms with Crippen LogP contribution in [0.5, 0.6) is 0 Å². The molecule has 1 unspecified atom stereocenters. The van der Waals surface area contributed by atoms with E-state index in [1.54, 1.807) is 16.1 Å². The molecule has 0 saturated carbocycles. The number of ether oxygens (including phenoxy) is 1. The summed E-state index contributed by atoms with van der Waals surface area (Å²) in [7, 11) is -3.69. The van der Waals surface area contributed by atoms with Crippen LogP contribution in [0.4, 0.5) is 5.69 Å². The van der Waals surface area contributed by atoms with Crippen molar-refractivity contribution < 1.29 is 18.1 Å². The first kappa shape index (κ1) is 19.6. The van der Waals surface area contributed by atoms with Crippen LogP contribution < -0.4 is 0 Å². The zero-order chi connectivity index (χ0) is 18.6. The van der Waals surface area contributed by atoms with E-state index in [-0.39, 0.29) is 16.6 Å². The molecule has 1 atom stereocenters. The predicted molar refractivity (Wildman–Crippen MR) is 100.0 cm³/mol. The third-order valence-electron chi connectivity index (χ3n) is 4.61. The van der Waals surface area contributed by atoms with Gasteiger partial charge in [0.05, 0.1) is 23.0 Å². The van der Waals surface area contributed by atoms with Crippen molar-refractivity contribution >= 4 is 27.5 Å². The number of benzene rings is 1. The van der Waals surface area contributed by atoms with Gasteiger partial charge in [0.1, 0.15) is 0 Å². The van der Waals surface area contributed by atoms with E-state index in [1.165, 1.54) is 24.3 Å². The number of nitrogens with zero attached hydrogens (tertiary/aromatic N) is 3. The van der Waals surface area contributed by atoms with E-state index in [2.05, 4.69) is 4.90 Å². The second kappa shape index (κ2) is 8.66. The van der Waals surface area contributed by atoms with Crippen LogP contribution in [-0.4, -0.2) is 79.5 Å². The number of non-ortho nitro benzene ring substituents is 1. The van der Waals surface area contributed by atoms with Gasteiger partial charge in [-0.15, -0.1) is 0 Å².